The maximum absolute atomic E-state index is 12.9. The van der Waals surface area contributed by atoms with Crippen LogP contribution in [0.25, 0.3) is 16.8 Å². The predicted octanol–water partition coefficient (Wildman–Crippen LogP) is 5.92. The minimum Gasteiger partial charge on any atom is -0.493 e. The molecular formula is C31H26ClN3O5. The number of carbonyl (C=O) groups excluding carboxylic acids is 3. The van der Waals surface area contributed by atoms with E-state index < -0.39 is 24.4 Å². The Morgan fingerprint density at radius 3 is 2.58 bits per heavy atom. The highest BCUT2D eigenvalue weighted by Gasteiger charge is 2.35. The van der Waals surface area contributed by atoms with Crippen molar-refractivity contribution in [3.05, 3.63) is 106 Å². The molecule has 40 heavy (non-hydrogen) atoms. The second-order valence-corrected chi connectivity index (χ2v) is 9.71. The van der Waals surface area contributed by atoms with Crippen LogP contribution in [0.15, 0.2) is 84.6 Å². The molecular weight excluding hydrogens is 530 g/mol. The summed E-state index contributed by atoms with van der Waals surface area (Å²) in [6.07, 6.45) is 1.47. The van der Waals surface area contributed by atoms with Crippen LogP contribution < -0.4 is 20.1 Å². The second-order valence-electron chi connectivity index (χ2n) is 9.30. The molecule has 9 heteroatoms. The third-order valence-corrected chi connectivity index (χ3v) is 6.61. The highest BCUT2D eigenvalue weighted by molar-refractivity contribution is 6.32. The van der Waals surface area contributed by atoms with Crippen LogP contribution in [0.4, 0.5) is 10.5 Å². The Labute approximate surface area is 236 Å². The van der Waals surface area contributed by atoms with Crippen LogP contribution in [0, 0.1) is 6.92 Å². The standard InChI is InChI=1S/C31H26ClN3O5/c1-19-6-5-9-24(12-19)33-28(36)17-35-30(37)26(34-31(35)38)15-21-14-25(32)29(27(16-21)39-2)40-18-20-10-11-22-7-3-4-8-23(22)13-20/h3-16H,17-18H2,1-2H3,(H,33,36)(H,34,38)/b26-15+. The second kappa shape index (κ2) is 11.5. The Morgan fingerprint density at radius 1 is 1.00 bits per heavy atom. The zero-order chi connectivity index (χ0) is 28.2. The van der Waals surface area contributed by atoms with E-state index in [9.17, 15) is 14.4 Å². The van der Waals surface area contributed by atoms with Gasteiger partial charge in [0.25, 0.3) is 5.91 Å². The van der Waals surface area contributed by atoms with Crippen molar-refractivity contribution in [1.82, 2.24) is 10.2 Å². The van der Waals surface area contributed by atoms with Crippen molar-refractivity contribution in [3.63, 3.8) is 0 Å². The molecule has 0 radical (unpaired) electrons. The summed E-state index contributed by atoms with van der Waals surface area (Å²) in [5, 5.41) is 7.73. The SMILES string of the molecule is COc1cc(/C=C2/NC(=O)N(CC(=O)Nc3cccc(C)c3)C2=O)cc(Cl)c1OCc1ccc2ccccc2c1. The molecule has 1 fully saturated rings. The van der Waals surface area contributed by atoms with E-state index >= 15 is 0 Å². The van der Waals surface area contributed by atoms with Crippen molar-refractivity contribution in [2.75, 3.05) is 19.0 Å². The van der Waals surface area contributed by atoms with Gasteiger partial charge in [0.05, 0.1) is 12.1 Å². The van der Waals surface area contributed by atoms with Crippen LogP contribution in [0.2, 0.25) is 5.02 Å². The van der Waals surface area contributed by atoms with Crippen LogP contribution >= 0.6 is 11.6 Å². The lowest BCUT2D eigenvalue weighted by Gasteiger charge is -2.14. The third-order valence-electron chi connectivity index (χ3n) is 6.33. The summed E-state index contributed by atoms with van der Waals surface area (Å²) >= 11 is 6.54. The molecule has 0 spiro atoms. The van der Waals surface area contributed by atoms with E-state index in [0.717, 1.165) is 26.8 Å². The highest BCUT2D eigenvalue weighted by Crippen LogP contribution is 2.38. The van der Waals surface area contributed by atoms with Gasteiger partial charge >= 0.3 is 6.03 Å². The van der Waals surface area contributed by atoms with Gasteiger partial charge in [-0.3, -0.25) is 9.59 Å². The lowest BCUT2D eigenvalue weighted by atomic mass is 10.1. The molecule has 0 atom stereocenters. The number of halogens is 1. The molecule has 1 saturated heterocycles. The summed E-state index contributed by atoms with van der Waals surface area (Å²) in [4.78, 5) is 38.7. The quantitative estimate of drug-likeness (QED) is 0.208. The molecule has 4 aromatic rings. The van der Waals surface area contributed by atoms with Gasteiger partial charge in [-0.1, -0.05) is 60.1 Å². The number of nitrogens with zero attached hydrogens (tertiary/aromatic N) is 1. The average Bonchev–Trinajstić information content (AvgIpc) is 3.19. The first-order valence-corrected chi connectivity index (χ1v) is 12.9. The van der Waals surface area contributed by atoms with Crippen LogP contribution in [0.1, 0.15) is 16.7 Å². The number of carbonyl (C=O) groups is 3. The van der Waals surface area contributed by atoms with Crippen LogP contribution in [0.3, 0.4) is 0 Å². The van der Waals surface area contributed by atoms with Crippen LogP contribution in [-0.4, -0.2) is 36.4 Å². The molecule has 4 aromatic carbocycles. The Hall–Kier alpha value is -4.82. The van der Waals surface area contributed by atoms with Crippen molar-refractivity contribution >= 4 is 52.0 Å². The number of anilines is 1. The van der Waals surface area contributed by atoms with E-state index in [4.69, 9.17) is 21.1 Å². The van der Waals surface area contributed by atoms with Gasteiger partial charge in [-0.05, 0) is 70.8 Å². The molecule has 0 saturated carbocycles. The maximum Gasteiger partial charge on any atom is 0.329 e. The van der Waals surface area contributed by atoms with Crippen molar-refractivity contribution < 1.29 is 23.9 Å². The van der Waals surface area contributed by atoms with Crippen molar-refractivity contribution in [2.24, 2.45) is 0 Å². The van der Waals surface area contributed by atoms with Gasteiger partial charge in [-0.15, -0.1) is 0 Å². The van der Waals surface area contributed by atoms with E-state index in [2.05, 4.69) is 16.7 Å². The molecule has 1 heterocycles. The fraction of sp³-hybridized carbons (Fsp3) is 0.129. The molecule has 0 unspecified atom stereocenters. The Bertz CT molecular complexity index is 1670. The van der Waals surface area contributed by atoms with Gasteiger partial charge in [-0.2, -0.15) is 0 Å². The molecule has 4 amide bonds. The van der Waals surface area contributed by atoms with Crippen molar-refractivity contribution in [3.8, 4) is 11.5 Å². The average molecular weight is 556 g/mol. The van der Waals surface area contributed by atoms with Crippen molar-refractivity contribution in [1.29, 1.82) is 0 Å². The van der Waals surface area contributed by atoms with E-state index in [1.807, 2.05) is 49.4 Å². The first kappa shape index (κ1) is 26.8. The number of fused-ring (bicyclic) bond motifs is 1. The van der Waals surface area contributed by atoms with Gasteiger partial charge in [0.2, 0.25) is 5.91 Å². The number of aryl methyl sites for hydroxylation is 1. The fourth-order valence-electron chi connectivity index (χ4n) is 4.40. The summed E-state index contributed by atoms with van der Waals surface area (Å²) in [6.45, 7) is 1.74. The zero-order valence-electron chi connectivity index (χ0n) is 21.9. The zero-order valence-corrected chi connectivity index (χ0v) is 22.6. The molecule has 0 bridgehead atoms. The number of methoxy groups -OCH3 is 1. The number of imide groups is 1. The Kier molecular flexibility index (Phi) is 7.70. The number of ether oxygens (including phenoxy) is 2. The largest absolute Gasteiger partial charge is 0.493 e. The minimum atomic E-state index is -0.691. The molecule has 2 N–H and O–H groups in total. The predicted molar refractivity (Wildman–Crippen MR) is 154 cm³/mol. The lowest BCUT2D eigenvalue weighted by Crippen LogP contribution is -2.38. The van der Waals surface area contributed by atoms with Gasteiger partial charge in [0, 0.05) is 5.69 Å². The van der Waals surface area contributed by atoms with Crippen LogP contribution in [-0.2, 0) is 16.2 Å². The summed E-state index contributed by atoms with van der Waals surface area (Å²) in [5.74, 6) is -0.397. The van der Waals surface area contributed by atoms with E-state index in [-0.39, 0.29) is 17.3 Å². The van der Waals surface area contributed by atoms with Gasteiger partial charge in [-0.25, -0.2) is 9.69 Å². The Morgan fingerprint density at radius 2 is 1.80 bits per heavy atom. The summed E-state index contributed by atoms with van der Waals surface area (Å²) in [6, 6.07) is 23.9. The highest BCUT2D eigenvalue weighted by atomic mass is 35.5. The molecule has 0 aliphatic carbocycles. The molecule has 8 nitrogen and oxygen atoms in total. The number of rotatable bonds is 8. The maximum atomic E-state index is 12.9. The summed E-state index contributed by atoms with van der Waals surface area (Å²) < 4.78 is 11.5. The third kappa shape index (κ3) is 5.92. The fourth-order valence-corrected chi connectivity index (χ4v) is 4.67. The molecule has 1 aliphatic heterocycles. The summed E-state index contributed by atoms with van der Waals surface area (Å²) in [5.41, 5.74) is 3.04. The number of benzene rings is 4. The molecule has 5 rings (SSSR count). The molecule has 0 aromatic heterocycles. The topological polar surface area (TPSA) is 97.0 Å². The minimum absolute atomic E-state index is 0.0105. The monoisotopic (exact) mass is 555 g/mol. The lowest BCUT2D eigenvalue weighted by molar-refractivity contribution is -0.127. The normalized spacial score (nSPS) is 14.0. The summed E-state index contributed by atoms with van der Waals surface area (Å²) in [7, 11) is 1.49. The molecule has 1 aliphatic rings. The first-order chi connectivity index (χ1) is 19.3. The van der Waals surface area contributed by atoms with Gasteiger partial charge in [0.15, 0.2) is 11.5 Å². The van der Waals surface area contributed by atoms with Crippen molar-refractivity contribution in [2.45, 2.75) is 13.5 Å². The van der Waals surface area contributed by atoms with Gasteiger partial charge in [0.1, 0.15) is 18.8 Å². The first-order valence-electron chi connectivity index (χ1n) is 12.5. The number of hydrogen-bond acceptors (Lipinski definition) is 5. The van der Waals surface area contributed by atoms with E-state index in [0.29, 0.717) is 22.7 Å². The van der Waals surface area contributed by atoms with Gasteiger partial charge < -0.3 is 20.1 Å². The van der Waals surface area contributed by atoms with Crippen LogP contribution in [0.5, 0.6) is 11.5 Å². The van der Waals surface area contributed by atoms with E-state index in [1.54, 1.807) is 30.3 Å². The molecule has 202 valence electrons. The Balaban J connectivity index is 1.29. The van der Waals surface area contributed by atoms with E-state index in [1.165, 1.54) is 13.2 Å². The number of nitrogens with one attached hydrogen (secondary N) is 2. The number of hydrogen-bond donors (Lipinski definition) is 2. The smallest absolute Gasteiger partial charge is 0.329 e. The number of amides is 4. The number of urea groups is 1.